The van der Waals surface area contributed by atoms with Crippen LogP contribution in [0.15, 0.2) is 53.7 Å². The Hall–Kier alpha value is -2.31. The van der Waals surface area contributed by atoms with E-state index in [0.29, 0.717) is 15.9 Å². The Balaban J connectivity index is 1.64. The Bertz CT molecular complexity index is 1060. The van der Waals surface area contributed by atoms with Gasteiger partial charge in [-0.1, -0.05) is 35.5 Å². The number of halogens is 1. The highest BCUT2D eigenvalue weighted by atomic mass is 35.5. The summed E-state index contributed by atoms with van der Waals surface area (Å²) >= 11 is 7.52. The van der Waals surface area contributed by atoms with Gasteiger partial charge in [0, 0.05) is 28.4 Å². The lowest BCUT2D eigenvalue weighted by atomic mass is 9.98. The topological polar surface area (TPSA) is 51.0 Å². The highest BCUT2D eigenvalue weighted by Gasteiger charge is 2.29. The van der Waals surface area contributed by atoms with E-state index in [2.05, 4.69) is 43.1 Å². The zero-order valence-electron chi connectivity index (χ0n) is 18.1. The van der Waals surface area contributed by atoms with Gasteiger partial charge < -0.3 is 4.90 Å². The highest BCUT2D eigenvalue weighted by Crippen LogP contribution is 2.30. The van der Waals surface area contributed by atoms with E-state index in [-0.39, 0.29) is 18.0 Å². The third-order valence-electron chi connectivity index (χ3n) is 5.80. The summed E-state index contributed by atoms with van der Waals surface area (Å²) in [4.78, 5) is 15.1. The van der Waals surface area contributed by atoms with Crippen molar-refractivity contribution in [3.05, 3.63) is 59.1 Å². The van der Waals surface area contributed by atoms with Crippen molar-refractivity contribution < 1.29 is 4.79 Å². The number of amides is 1. The van der Waals surface area contributed by atoms with Gasteiger partial charge in [0.15, 0.2) is 11.0 Å². The first kappa shape index (κ1) is 21.9. The Kier molecular flexibility index (Phi) is 6.68. The summed E-state index contributed by atoms with van der Waals surface area (Å²) in [5, 5.41) is 10.3. The number of rotatable bonds is 5. The average molecular weight is 455 g/mol. The fraction of sp³-hybridized carbons (Fsp3) is 0.375. The van der Waals surface area contributed by atoms with Gasteiger partial charge in [0.05, 0.1) is 5.75 Å². The first-order chi connectivity index (χ1) is 14.9. The molecule has 0 unspecified atom stereocenters. The molecule has 1 aromatic heterocycles. The second-order valence-corrected chi connectivity index (χ2v) is 9.59. The molecule has 0 radical (unpaired) electrons. The van der Waals surface area contributed by atoms with Crippen molar-refractivity contribution in [3.63, 3.8) is 0 Å². The Labute approximate surface area is 192 Å². The molecule has 3 aromatic rings. The van der Waals surface area contributed by atoms with E-state index in [1.807, 2.05) is 45.9 Å². The van der Waals surface area contributed by atoms with E-state index in [9.17, 15) is 4.79 Å². The van der Waals surface area contributed by atoms with E-state index in [4.69, 9.17) is 11.6 Å². The number of carbonyl (C=O) groups is 1. The maximum absolute atomic E-state index is 13.0. The van der Waals surface area contributed by atoms with Crippen LogP contribution in [0.25, 0.3) is 17.1 Å². The first-order valence-corrected chi connectivity index (χ1v) is 12.0. The molecule has 0 aliphatic carbocycles. The second-order valence-electron chi connectivity index (χ2n) is 8.21. The second kappa shape index (κ2) is 9.45. The molecule has 2 heterocycles. The van der Waals surface area contributed by atoms with Crippen molar-refractivity contribution in [2.45, 2.75) is 57.3 Å². The minimum absolute atomic E-state index is 0.163. The summed E-state index contributed by atoms with van der Waals surface area (Å²) < 4.78 is 2.03. The Morgan fingerprint density at radius 1 is 1.10 bits per heavy atom. The molecule has 4 rings (SSSR count). The van der Waals surface area contributed by atoms with Crippen LogP contribution in [0, 0.1) is 6.92 Å². The van der Waals surface area contributed by atoms with E-state index >= 15 is 0 Å². The van der Waals surface area contributed by atoms with Crippen molar-refractivity contribution in [3.8, 4) is 17.1 Å². The van der Waals surface area contributed by atoms with Gasteiger partial charge in [-0.05, 0) is 82.0 Å². The van der Waals surface area contributed by atoms with Gasteiger partial charge in [-0.25, -0.2) is 0 Å². The summed E-state index contributed by atoms with van der Waals surface area (Å²) in [7, 11) is 0. The quantitative estimate of drug-likeness (QED) is 0.458. The number of benzene rings is 2. The maximum Gasteiger partial charge on any atom is 0.233 e. The smallest absolute Gasteiger partial charge is 0.233 e. The molecule has 0 N–H and O–H groups in total. The molecule has 2 atom stereocenters. The van der Waals surface area contributed by atoms with Crippen LogP contribution in [0.1, 0.15) is 38.7 Å². The largest absolute Gasteiger partial charge is 0.337 e. The molecule has 0 bridgehead atoms. The number of hydrogen-bond acceptors (Lipinski definition) is 4. The lowest BCUT2D eigenvalue weighted by Gasteiger charge is -2.39. The van der Waals surface area contributed by atoms with Crippen LogP contribution in [-0.2, 0) is 4.79 Å². The molecule has 162 valence electrons. The van der Waals surface area contributed by atoms with Crippen LogP contribution < -0.4 is 0 Å². The summed E-state index contributed by atoms with van der Waals surface area (Å²) in [6.45, 7) is 6.35. The predicted molar refractivity (Wildman–Crippen MR) is 127 cm³/mol. The molecule has 5 nitrogen and oxygen atoms in total. The number of likely N-dealkylation sites (tertiary alicyclic amines) is 1. The van der Waals surface area contributed by atoms with Crippen LogP contribution in [-0.4, -0.2) is 43.4 Å². The van der Waals surface area contributed by atoms with Gasteiger partial charge in [0.25, 0.3) is 0 Å². The van der Waals surface area contributed by atoms with E-state index in [0.717, 1.165) is 35.5 Å². The fourth-order valence-corrected chi connectivity index (χ4v) is 5.21. The first-order valence-electron chi connectivity index (χ1n) is 10.7. The zero-order valence-corrected chi connectivity index (χ0v) is 19.7. The third-order valence-corrected chi connectivity index (χ3v) is 6.97. The lowest BCUT2D eigenvalue weighted by Crippen LogP contribution is -2.48. The SMILES string of the molecule is Cc1cccc(-n2c(SCC(=O)N3[C@H](C)CCC[C@H]3C)nnc2-c2ccc(Cl)cc2)c1. The third kappa shape index (κ3) is 4.80. The van der Waals surface area contributed by atoms with E-state index < -0.39 is 0 Å². The fourth-order valence-electron chi connectivity index (χ4n) is 4.26. The molecule has 31 heavy (non-hydrogen) atoms. The molecule has 1 amide bonds. The number of hydrogen-bond donors (Lipinski definition) is 0. The van der Waals surface area contributed by atoms with Gasteiger partial charge in [0.1, 0.15) is 0 Å². The number of aromatic nitrogens is 3. The van der Waals surface area contributed by atoms with Crippen LogP contribution in [0.3, 0.4) is 0 Å². The Morgan fingerprint density at radius 2 is 1.81 bits per heavy atom. The standard InChI is InChI=1S/C24H27ClN4OS/c1-16-6-4-9-21(14-16)29-23(19-10-12-20(25)13-11-19)26-27-24(29)31-15-22(30)28-17(2)7-5-8-18(28)3/h4,6,9-14,17-18H,5,7-8,15H2,1-3H3/t17-,18-/m1/s1. The maximum atomic E-state index is 13.0. The molecule has 1 saturated heterocycles. The summed E-state index contributed by atoms with van der Waals surface area (Å²) in [6.07, 6.45) is 3.33. The van der Waals surface area contributed by atoms with Gasteiger partial charge >= 0.3 is 0 Å². The molecule has 1 aliphatic rings. The normalized spacial score (nSPS) is 18.9. The van der Waals surface area contributed by atoms with E-state index in [1.54, 1.807) is 0 Å². The van der Waals surface area contributed by atoms with Crippen LogP contribution in [0.4, 0.5) is 0 Å². The molecular weight excluding hydrogens is 428 g/mol. The minimum atomic E-state index is 0.163. The number of carbonyl (C=O) groups excluding carboxylic acids is 1. The summed E-state index contributed by atoms with van der Waals surface area (Å²) in [5.74, 6) is 1.24. The number of nitrogens with zero attached hydrogens (tertiary/aromatic N) is 4. The molecular formula is C24H27ClN4OS. The molecule has 0 spiro atoms. The summed E-state index contributed by atoms with van der Waals surface area (Å²) in [5.41, 5.74) is 3.05. The zero-order chi connectivity index (χ0) is 22.0. The van der Waals surface area contributed by atoms with Crippen molar-refractivity contribution in [1.29, 1.82) is 0 Å². The van der Waals surface area contributed by atoms with E-state index in [1.165, 1.54) is 18.2 Å². The number of piperidine rings is 1. The molecule has 1 fully saturated rings. The van der Waals surface area contributed by atoms with Crippen LogP contribution in [0.2, 0.25) is 5.02 Å². The highest BCUT2D eigenvalue weighted by molar-refractivity contribution is 7.99. The van der Waals surface area contributed by atoms with Crippen molar-refractivity contribution >= 4 is 29.3 Å². The molecule has 0 saturated carbocycles. The van der Waals surface area contributed by atoms with Crippen molar-refractivity contribution in [2.75, 3.05) is 5.75 Å². The predicted octanol–water partition coefficient (Wildman–Crippen LogP) is 5.78. The van der Waals surface area contributed by atoms with Gasteiger partial charge in [0.2, 0.25) is 5.91 Å². The van der Waals surface area contributed by atoms with Crippen LogP contribution in [0.5, 0.6) is 0 Å². The minimum Gasteiger partial charge on any atom is -0.337 e. The average Bonchev–Trinajstić information content (AvgIpc) is 3.16. The molecule has 1 aliphatic heterocycles. The number of aryl methyl sites for hydroxylation is 1. The Morgan fingerprint density at radius 3 is 2.48 bits per heavy atom. The monoisotopic (exact) mass is 454 g/mol. The van der Waals surface area contributed by atoms with Gasteiger partial charge in [-0.2, -0.15) is 0 Å². The molecule has 2 aromatic carbocycles. The van der Waals surface area contributed by atoms with Gasteiger partial charge in [-0.15, -0.1) is 10.2 Å². The van der Waals surface area contributed by atoms with Crippen molar-refractivity contribution in [1.82, 2.24) is 19.7 Å². The lowest BCUT2D eigenvalue weighted by molar-refractivity contribution is -0.134. The molecule has 7 heteroatoms. The van der Waals surface area contributed by atoms with Crippen LogP contribution >= 0.6 is 23.4 Å². The van der Waals surface area contributed by atoms with Crippen molar-refractivity contribution in [2.24, 2.45) is 0 Å². The van der Waals surface area contributed by atoms with Gasteiger partial charge in [-0.3, -0.25) is 9.36 Å². The summed E-state index contributed by atoms with van der Waals surface area (Å²) in [6, 6.07) is 16.4. The number of thioether (sulfide) groups is 1.